The average Bonchev–Trinajstić information content (AvgIpc) is 2.55. The summed E-state index contributed by atoms with van der Waals surface area (Å²) in [5, 5.41) is 3.36. The van der Waals surface area contributed by atoms with Crippen molar-refractivity contribution in [3.8, 4) is 0 Å². The highest BCUT2D eigenvalue weighted by Crippen LogP contribution is 2.43. The van der Waals surface area contributed by atoms with E-state index in [1.807, 2.05) is 30.1 Å². The first kappa shape index (κ1) is 9.85. The summed E-state index contributed by atoms with van der Waals surface area (Å²) in [6, 6.07) is 8.05. The Morgan fingerprint density at radius 2 is 1.94 bits per heavy atom. The summed E-state index contributed by atoms with van der Waals surface area (Å²) >= 11 is 0. The lowest BCUT2D eigenvalue weighted by atomic mass is 9.81. The van der Waals surface area contributed by atoms with E-state index in [-0.39, 0.29) is 11.4 Å². The molecule has 0 atom stereocenters. The molecule has 0 saturated carbocycles. The predicted octanol–water partition coefficient (Wildman–Crippen LogP) is 1.35. The van der Waals surface area contributed by atoms with Gasteiger partial charge >= 0.3 is 0 Å². The van der Waals surface area contributed by atoms with Crippen LogP contribution in [0, 0.1) is 0 Å². The maximum absolute atomic E-state index is 12.2. The van der Waals surface area contributed by atoms with Crippen LogP contribution in [0.5, 0.6) is 0 Å². The normalized spacial score (nSPS) is 22.6. The van der Waals surface area contributed by atoms with Crippen molar-refractivity contribution in [3.05, 3.63) is 35.4 Å². The zero-order chi connectivity index (χ0) is 11.2. The molecule has 2 aliphatic rings. The molecule has 3 nitrogen and oxygen atoms in total. The first-order valence-corrected chi connectivity index (χ1v) is 5.84. The maximum atomic E-state index is 12.2. The van der Waals surface area contributed by atoms with Crippen LogP contribution in [0.1, 0.15) is 28.8 Å². The number of carbonyl (C=O) groups is 1. The van der Waals surface area contributed by atoms with Crippen LogP contribution in [0.3, 0.4) is 0 Å². The van der Waals surface area contributed by atoms with Crippen molar-refractivity contribution in [3.63, 3.8) is 0 Å². The number of hydrogen-bond donors (Lipinski definition) is 1. The number of hydrogen-bond acceptors (Lipinski definition) is 2. The SMILES string of the molecule is CN1C(=O)c2ccccc2C12CCNCC2. The number of rotatable bonds is 0. The van der Waals surface area contributed by atoms with Gasteiger partial charge in [0, 0.05) is 12.6 Å². The highest BCUT2D eigenvalue weighted by molar-refractivity contribution is 5.99. The second kappa shape index (κ2) is 3.32. The molecule has 0 bridgehead atoms. The zero-order valence-electron chi connectivity index (χ0n) is 9.49. The summed E-state index contributed by atoms with van der Waals surface area (Å²) in [7, 11) is 1.94. The molecule has 1 amide bonds. The molecule has 3 rings (SSSR count). The summed E-state index contributed by atoms with van der Waals surface area (Å²) in [6.07, 6.45) is 2.04. The van der Waals surface area contributed by atoms with E-state index in [1.165, 1.54) is 5.56 Å². The first-order valence-electron chi connectivity index (χ1n) is 5.84. The fourth-order valence-corrected chi connectivity index (χ4v) is 3.08. The van der Waals surface area contributed by atoms with E-state index in [2.05, 4.69) is 11.4 Å². The van der Waals surface area contributed by atoms with Crippen LogP contribution in [0.2, 0.25) is 0 Å². The number of amides is 1. The second-order valence-electron chi connectivity index (χ2n) is 4.69. The Kier molecular flexibility index (Phi) is 2.04. The summed E-state index contributed by atoms with van der Waals surface area (Å²) in [5.41, 5.74) is 2.08. The van der Waals surface area contributed by atoms with Gasteiger partial charge in [-0.25, -0.2) is 0 Å². The van der Waals surface area contributed by atoms with E-state index < -0.39 is 0 Å². The lowest BCUT2D eigenvalue weighted by Gasteiger charge is -2.40. The van der Waals surface area contributed by atoms with Gasteiger partial charge in [0.15, 0.2) is 0 Å². The van der Waals surface area contributed by atoms with Crippen LogP contribution < -0.4 is 5.32 Å². The minimum Gasteiger partial charge on any atom is -0.332 e. The average molecular weight is 216 g/mol. The Balaban J connectivity index is 2.15. The van der Waals surface area contributed by atoms with Gasteiger partial charge in [-0.05, 0) is 37.6 Å². The van der Waals surface area contributed by atoms with E-state index in [0.29, 0.717) is 0 Å². The van der Waals surface area contributed by atoms with Crippen molar-refractivity contribution in [1.82, 2.24) is 10.2 Å². The molecule has 1 saturated heterocycles. The number of carbonyl (C=O) groups excluding carboxylic acids is 1. The monoisotopic (exact) mass is 216 g/mol. The molecule has 0 unspecified atom stereocenters. The van der Waals surface area contributed by atoms with Gasteiger partial charge in [-0.3, -0.25) is 4.79 Å². The summed E-state index contributed by atoms with van der Waals surface area (Å²) in [4.78, 5) is 14.1. The molecule has 2 heterocycles. The zero-order valence-corrected chi connectivity index (χ0v) is 9.49. The van der Waals surface area contributed by atoms with Gasteiger partial charge in [-0.15, -0.1) is 0 Å². The molecular weight excluding hydrogens is 200 g/mol. The number of nitrogens with zero attached hydrogens (tertiary/aromatic N) is 1. The Hall–Kier alpha value is -1.35. The number of benzene rings is 1. The Morgan fingerprint density at radius 1 is 1.25 bits per heavy atom. The van der Waals surface area contributed by atoms with E-state index in [1.54, 1.807) is 0 Å². The van der Waals surface area contributed by atoms with Gasteiger partial charge in [-0.2, -0.15) is 0 Å². The molecule has 84 valence electrons. The molecule has 1 aromatic rings. The van der Waals surface area contributed by atoms with Gasteiger partial charge in [0.25, 0.3) is 5.91 Å². The minimum absolute atomic E-state index is 0.0427. The van der Waals surface area contributed by atoms with Crippen LogP contribution in [0.25, 0.3) is 0 Å². The lowest BCUT2D eigenvalue weighted by molar-refractivity contribution is 0.0551. The van der Waals surface area contributed by atoms with Gasteiger partial charge in [0.05, 0.1) is 5.54 Å². The molecule has 1 spiro atoms. The number of nitrogens with one attached hydrogen (secondary N) is 1. The fraction of sp³-hybridized carbons (Fsp3) is 0.462. The smallest absolute Gasteiger partial charge is 0.254 e. The Labute approximate surface area is 95.4 Å². The van der Waals surface area contributed by atoms with Gasteiger partial charge < -0.3 is 10.2 Å². The topological polar surface area (TPSA) is 32.3 Å². The van der Waals surface area contributed by atoms with Crippen molar-refractivity contribution >= 4 is 5.91 Å². The van der Waals surface area contributed by atoms with Crippen LogP contribution in [0.15, 0.2) is 24.3 Å². The van der Waals surface area contributed by atoms with E-state index in [9.17, 15) is 4.79 Å². The molecule has 1 N–H and O–H groups in total. The van der Waals surface area contributed by atoms with E-state index in [0.717, 1.165) is 31.5 Å². The fourth-order valence-electron chi connectivity index (χ4n) is 3.08. The molecular formula is C13H16N2O. The standard InChI is InChI=1S/C13H16N2O/c1-15-12(16)10-4-2-3-5-11(10)13(15)6-8-14-9-7-13/h2-5,14H,6-9H2,1H3. The van der Waals surface area contributed by atoms with Crippen molar-refractivity contribution in [2.75, 3.05) is 20.1 Å². The minimum atomic E-state index is -0.0427. The van der Waals surface area contributed by atoms with Crippen LogP contribution in [-0.2, 0) is 5.54 Å². The van der Waals surface area contributed by atoms with Gasteiger partial charge in [0.1, 0.15) is 0 Å². The second-order valence-corrected chi connectivity index (χ2v) is 4.69. The largest absolute Gasteiger partial charge is 0.332 e. The number of fused-ring (bicyclic) bond motifs is 2. The highest BCUT2D eigenvalue weighted by atomic mass is 16.2. The quantitative estimate of drug-likeness (QED) is 0.710. The third-order valence-corrected chi connectivity index (χ3v) is 4.04. The Morgan fingerprint density at radius 3 is 2.69 bits per heavy atom. The molecule has 16 heavy (non-hydrogen) atoms. The van der Waals surface area contributed by atoms with Crippen molar-refractivity contribution in [2.24, 2.45) is 0 Å². The van der Waals surface area contributed by atoms with Crippen molar-refractivity contribution in [2.45, 2.75) is 18.4 Å². The predicted molar refractivity (Wildman–Crippen MR) is 62.3 cm³/mol. The molecule has 2 aliphatic heterocycles. The Bertz CT molecular complexity index is 435. The van der Waals surface area contributed by atoms with Crippen molar-refractivity contribution < 1.29 is 4.79 Å². The van der Waals surface area contributed by atoms with Crippen LogP contribution >= 0.6 is 0 Å². The highest BCUT2D eigenvalue weighted by Gasteiger charge is 2.47. The van der Waals surface area contributed by atoms with Crippen LogP contribution in [0.4, 0.5) is 0 Å². The van der Waals surface area contributed by atoms with Gasteiger partial charge in [0.2, 0.25) is 0 Å². The lowest BCUT2D eigenvalue weighted by Crippen LogP contribution is -2.48. The maximum Gasteiger partial charge on any atom is 0.254 e. The number of piperidine rings is 1. The van der Waals surface area contributed by atoms with Gasteiger partial charge in [-0.1, -0.05) is 18.2 Å². The van der Waals surface area contributed by atoms with Crippen LogP contribution in [-0.4, -0.2) is 30.9 Å². The summed E-state index contributed by atoms with van der Waals surface area (Å²) < 4.78 is 0. The third kappa shape index (κ3) is 1.09. The molecule has 0 aromatic heterocycles. The van der Waals surface area contributed by atoms with E-state index in [4.69, 9.17) is 0 Å². The van der Waals surface area contributed by atoms with E-state index >= 15 is 0 Å². The summed E-state index contributed by atoms with van der Waals surface area (Å²) in [6.45, 7) is 1.98. The molecule has 1 aromatic carbocycles. The first-order chi connectivity index (χ1) is 7.76. The third-order valence-electron chi connectivity index (χ3n) is 4.04. The van der Waals surface area contributed by atoms with Crippen molar-refractivity contribution in [1.29, 1.82) is 0 Å². The molecule has 0 aliphatic carbocycles. The summed E-state index contributed by atoms with van der Waals surface area (Å²) in [5.74, 6) is 0.178. The molecule has 3 heteroatoms. The molecule has 0 radical (unpaired) electrons. The molecule has 1 fully saturated rings.